The van der Waals surface area contributed by atoms with Gasteiger partial charge in [0, 0.05) is 36.2 Å². The number of piperidine rings is 1. The smallest absolute Gasteiger partial charge is 0.227 e. The number of hydrogen-bond acceptors (Lipinski definition) is 6. The summed E-state index contributed by atoms with van der Waals surface area (Å²) < 4.78 is 0. The van der Waals surface area contributed by atoms with Crippen LogP contribution in [-0.4, -0.2) is 49.1 Å². The number of H-pyrrole nitrogens is 2. The van der Waals surface area contributed by atoms with E-state index in [1.165, 1.54) is 31.4 Å². The van der Waals surface area contributed by atoms with E-state index in [-0.39, 0.29) is 11.8 Å². The Balaban J connectivity index is 1.20. The molecule has 7 rings (SSSR count). The van der Waals surface area contributed by atoms with Gasteiger partial charge in [-0.05, 0) is 56.4 Å². The molecule has 6 heterocycles. The van der Waals surface area contributed by atoms with E-state index in [0.717, 1.165) is 83.4 Å². The molecule has 1 saturated carbocycles. The number of fused-ring (bicyclic) bond motifs is 2. The number of carbonyl (C=O) groups is 1. The molecule has 198 valence electrons. The highest BCUT2D eigenvalue weighted by Gasteiger charge is 2.22. The summed E-state index contributed by atoms with van der Waals surface area (Å²) in [6, 6.07) is 8.05. The van der Waals surface area contributed by atoms with Gasteiger partial charge in [0.2, 0.25) is 5.91 Å². The quantitative estimate of drug-likeness (QED) is 0.259. The van der Waals surface area contributed by atoms with Crippen molar-refractivity contribution in [2.75, 3.05) is 23.3 Å². The second-order valence-electron chi connectivity index (χ2n) is 10.8. The fourth-order valence-corrected chi connectivity index (χ4v) is 6.06. The number of aromatic nitrogens is 6. The van der Waals surface area contributed by atoms with Crippen molar-refractivity contribution in [3.8, 4) is 22.6 Å². The summed E-state index contributed by atoms with van der Waals surface area (Å²) in [7, 11) is 0. The van der Waals surface area contributed by atoms with Crippen LogP contribution in [0.2, 0.25) is 0 Å². The lowest BCUT2D eigenvalue weighted by Crippen LogP contribution is -2.29. The first-order chi connectivity index (χ1) is 19.2. The zero-order chi connectivity index (χ0) is 26.2. The number of nitrogens with one attached hydrogen (secondary N) is 3. The van der Waals surface area contributed by atoms with Crippen molar-refractivity contribution in [1.82, 2.24) is 30.1 Å². The van der Waals surface area contributed by atoms with Crippen molar-refractivity contribution in [2.45, 2.75) is 51.4 Å². The molecule has 9 heteroatoms. The molecular weight excluding hydrogens is 488 g/mol. The molecule has 0 atom stereocenters. The second kappa shape index (κ2) is 10.1. The Bertz CT molecular complexity index is 1640. The first-order valence-corrected chi connectivity index (χ1v) is 14.1. The van der Waals surface area contributed by atoms with Crippen molar-refractivity contribution in [1.29, 1.82) is 0 Å². The summed E-state index contributed by atoms with van der Waals surface area (Å²) in [5, 5.41) is 12.0. The molecule has 2 aliphatic rings. The van der Waals surface area contributed by atoms with Crippen LogP contribution in [0, 0.1) is 5.92 Å². The molecule has 5 aromatic rings. The van der Waals surface area contributed by atoms with E-state index in [0.29, 0.717) is 5.69 Å². The number of nitrogens with zero attached hydrogens (tertiary/aromatic N) is 5. The molecule has 9 nitrogen and oxygen atoms in total. The van der Waals surface area contributed by atoms with Crippen molar-refractivity contribution >= 4 is 39.2 Å². The van der Waals surface area contributed by atoms with Crippen molar-refractivity contribution in [2.24, 2.45) is 5.92 Å². The van der Waals surface area contributed by atoms with Crippen LogP contribution in [0.4, 0.5) is 11.4 Å². The topological polar surface area (TPSA) is 115 Å². The zero-order valence-electron chi connectivity index (χ0n) is 21.9. The first-order valence-electron chi connectivity index (χ1n) is 14.1. The predicted molar refractivity (Wildman–Crippen MR) is 153 cm³/mol. The largest absolute Gasteiger partial charge is 0.370 e. The number of pyridine rings is 3. The van der Waals surface area contributed by atoms with E-state index in [4.69, 9.17) is 4.98 Å². The standard InChI is InChI=1S/C30H32N8O/c39-30(19-7-3-1-4-8-19)33-21-13-20(15-31-16-21)23-9-10-24-28(35-23)29(37-36-24)25-14-22-26(34-25)17-32-18-27(22)38-11-5-2-6-12-38/h9-10,13-19,34H,1-8,11-12H2,(H,33,39)(H,36,37). The monoisotopic (exact) mass is 520 g/mol. The Labute approximate surface area is 226 Å². The van der Waals surface area contributed by atoms with Gasteiger partial charge in [-0.3, -0.25) is 19.9 Å². The van der Waals surface area contributed by atoms with Crippen molar-refractivity contribution < 1.29 is 4.79 Å². The molecule has 5 aromatic heterocycles. The average molecular weight is 521 g/mol. The third-order valence-electron chi connectivity index (χ3n) is 8.16. The van der Waals surface area contributed by atoms with Crippen LogP contribution < -0.4 is 10.2 Å². The van der Waals surface area contributed by atoms with Gasteiger partial charge >= 0.3 is 0 Å². The number of anilines is 2. The third-order valence-corrected chi connectivity index (χ3v) is 8.16. The van der Waals surface area contributed by atoms with Crippen molar-refractivity contribution in [3.05, 3.63) is 49.1 Å². The molecular formula is C30H32N8O. The van der Waals surface area contributed by atoms with E-state index in [1.54, 1.807) is 12.4 Å². The van der Waals surface area contributed by atoms with E-state index in [1.807, 2.05) is 30.6 Å². The van der Waals surface area contributed by atoms with Crippen LogP contribution in [0.25, 0.3) is 44.6 Å². The van der Waals surface area contributed by atoms with Crippen LogP contribution in [0.1, 0.15) is 51.4 Å². The van der Waals surface area contributed by atoms with E-state index >= 15 is 0 Å². The number of rotatable bonds is 5. The van der Waals surface area contributed by atoms with Gasteiger partial charge in [-0.25, -0.2) is 4.98 Å². The lowest BCUT2D eigenvalue weighted by atomic mass is 9.88. The Kier molecular flexibility index (Phi) is 6.19. The number of aromatic amines is 2. The highest BCUT2D eigenvalue weighted by atomic mass is 16.1. The van der Waals surface area contributed by atoms with Gasteiger partial charge < -0.3 is 15.2 Å². The Morgan fingerprint density at radius 3 is 2.59 bits per heavy atom. The van der Waals surface area contributed by atoms with Gasteiger partial charge in [-0.1, -0.05) is 19.3 Å². The van der Waals surface area contributed by atoms with Gasteiger partial charge in [-0.15, -0.1) is 0 Å². The normalized spacial score (nSPS) is 16.7. The van der Waals surface area contributed by atoms with Crippen LogP contribution >= 0.6 is 0 Å². The molecule has 39 heavy (non-hydrogen) atoms. The zero-order valence-corrected chi connectivity index (χ0v) is 21.9. The minimum atomic E-state index is 0.0893. The van der Waals surface area contributed by atoms with Crippen LogP contribution in [0.5, 0.6) is 0 Å². The molecule has 3 N–H and O–H groups in total. The Hall–Kier alpha value is -4.27. The minimum Gasteiger partial charge on any atom is -0.370 e. The molecule has 1 saturated heterocycles. The van der Waals surface area contributed by atoms with E-state index in [9.17, 15) is 4.79 Å². The van der Waals surface area contributed by atoms with E-state index < -0.39 is 0 Å². The van der Waals surface area contributed by atoms with Crippen LogP contribution in [0.15, 0.2) is 49.1 Å². The summed E-state index contributed by atoms with van der Waals surface area (Å²) in [4.78, 5) is 32.6. The maximum absolute atomic E-state index is 12.8. The highest BCUT2D eigenvalue weighted by molar-refractivity contribution is 5.99. The Morgan fingerprint density at radius 2 is 1.72 bits per heavy atom. The minimum absolute atomic E-state index is 0.0893. The Morgan fingerprint density at radius 1 is 0.897 bits per heavy atom. The molecule has 1 aliphatic heterocycles. The van der Waals surface area contributed by atoms with Gasteiger partial charge in [-0.2, -0.15) is 5.10 Å². The van der Waals surface area contributed by atoms with Crippen LogP contribution in [0.3, 0.4) is 0 Å². The fraction of sp³-hybridized carbons (Fsp3) is 0.367. The summed E-state index contributed by atoms with van der Waals surface area (Å²) in [6.07, 6.45) is 16.4. The lowest BCUT2D eigenvalue weighted by Gasteiger charge is -2.28. The highest BCUT2D eigenvalue weighted by Crippen LogP contribution is 2.34. The molecule has 1 aliphatic carbocycles. The SMILES string of the molecule is O=C(Nc1cncc(-c2ccc3[nH]nc(-c4cc5c(N6CCCCC6)cncc5[nH]4)c3n2)c1)C1CCCCC1. The second-order valence-corrected chi connectivity index (χ2v) is 10.8. The summed E-state index contributed by atoms with van der Waals surface area (Å²) >= 11 is 0. The molecule has 0 aromatic carbocycles. The van der Waals surface area contributed by atoms with Gasteiger partial charge in [0.05, 0.1) is 52.4 Å². The fourth-order valence-electron chi connectivity index (χ4n) is 6.06. The lowest BCUT2D eigenvalue weighted by molar-refractivity contribution is -0.120. The maximum atomic E-state index is 12.8. The predicted octanol–water partition coefficient (Wildman–Crippen LogP) is 6.07. The molecule has 0 spiro atoms. The number of amides is 1. The van der Waals surface area contributed by atoms with Gasteiger partial charge in [0.15, 0.2) is 0 Å². The van der Waals surface area contributed by atoms with Crippen molar-refractivity contribution in [3.63, 3.8) is 0 Å². The molecule has 0 bridgehead atoms. The average Bonchev–Trinajstić information content (AvgIpc) is 3.62. The van der Waals surface area contributed by atoms with Gasteiger partial charge in [0.1, 0.15) is 11.2 Å². The third kappa shape index (κ3) is 4.62. The summed E-state index contributed by atoms with van der Waals surface area (Å²) in [6.45, 7) is 2.12. The summed E-state index contributed by atoms with van der Waals surface area (Å²) in [5.74, 6) is 0.179. The van der Waals surface area contributed by atoms with E-state index in [2.05, 4.69) is 41.4 Å². The molecule has 2 fully saturated rings. The van der Waals surface area contributed by atoms with Gasteiger partial charge in [0.25, 0.3) is 0 Å². The molecule has 1 amide bonds. The molecule has 0 unspecified atom stereocenters. The van der Waals surface area contributed by atoms with Crippen LogP contribution in [-0.2, 0) is 4.79 Å². The molecule has 0 radical (unpaired) electrons. The number of hydrogen-bond donors (Lipinski definition) is 3. The maximum Gasteiger partial charge on any atom is 0.227 e. The first kappa shape index (κ1) is 23.8. The summed E-state index contributed by atoms with van der Waals surface area (Å²) in [5.41, 5.74) is 7.79. The number of carbonyl (C=O) groups excluding carboxylic acids is 1.